The lowest BCUT2D eigenvalue weighted by atomic mass is 10.3. The van der Waals surface area contributed by atoms with Crippen LogP contribution in [-0.2, 0) is 14.3 Å². The summed E-state index contributed by atoms with van der Waals surface area (Å²) >= 11 is 3.40. The quantitative estimate of drug-likeness (QED) is 0.610. The lowest BCUT2D eigenvalue weighted by Gasteiger charge is -2.06. The van der Waals surface area contributed by atoms with Crippen LogP contribution >= 0.6 is 34.4 Å². The Morgan fingerprint density at radius 3 is 2.72 bits per heavy atom. The van der Waals surface area contributed by atoms with E-state index in [2.05, 4.69) is 27.9 Å². The van der Waals surface area contributed by atoms with Crippen LogP contribution in [0.4, 0.5) is 5.69 Å². The van der Waals surface area contributed by atoms with Crippen LogP contribution in [0.1, 0.15) is 6.92 Å². The summed E-state index contributed by atoms with van der Waals surface area (Å²) in [6.07, 6.45) is 0. The van der Waals surface area contributed by atoms with Crippen LogP contribution in [0, 0.1) is 3.57 Å². The lowest BCUT2D eigenvalue weighted by Crippen LogP contribution is -2.16. The van der Waals surface area contributed by atoms with Crippen molar-refractivity contribution in [3.63, 3.8) is 0 Å². The fourth-order valence-corrected chi connectivity index (χ4v) is 2.31. The van der Waals surface area contributed by atoms with E-state index >= 15 is 0 Å². The van der Waals surface area contributed by atoms with Crippen molar-refractivity contribution < 1.29 is 14.3 Å². The summed E-state index contributed by atoms with van der Waals surface area (Å²) in [6.45, 7) is 2.13. The van der Waals surface area contributed by atoms with E-state index in [9.17, 15) is 9.59 Å². The largest absolute Gasteiger partial charge is 0.465 e. The molecule has 1 N–H and O–H groups in total. The van der Waals surface area contributed by atoms with Crippen LogP contribution in [0.2, 0.25) is 0 Å². The molecule has 0 unspecified atom stereocenters. The van der Waals surface area contributed by atoms with Crippen molar-refractivity contribution in [2.24, 2.45) is 0 Å². The Morgan fingerprint density at radius 2 is 2.06 bits per heavy atom. The second-order valence-electron chi connectivity index (χ2n) is 3.33. The van der Waals surface area contributed by atoms with Crippen molar-refractivity contribution in [1.82, 2.24) is 0 Å². The van der Waals surface area contributed by atoms with Gasteiger partial charge in [0.15, 0.2) is 0 Å². The number of thioether (sulfide) groups is 1. The maximum absolute atomic E-state index is 11.6. The number of hydrogen-bond acceptors (Lipinski definition) is 4. The molecule has 1 rings (SSSR count). The number of anilines is 1. The highest BCUT2D eigenvalue weighted by Gasteiger charge is 2.07. The van der Waals surface area contributed by atoms with E-state index in [1.807, 2.05) is 24.3 Å². The highest BCUT2D eigenvalue weighted by Crippen LogP contribution is 2.17. The first-order chi connectivity index (χ1) is 8.63. The molecule has 0 heterocycles. The van der Waals surface area contributed by atoms with Crippen molar-refractivity contribution in [3.8, 4) is 0 Å². The van der Waals surface area contributed by atoms with E-state index in [0.29, 0.717) is 6.61 Å². The highest BCUT2D eigenvalue weighted by atomic mass is 127. The Kier molecular flexibility index (Phi) is 7.11. The van der Waals surface area contributed by atoms with E-state index in [4.69, 9.17) is 4.74 Å². The molecule has 0 saturated carbocycles. The fraction of sp³-hybridized carbons (Fsp3) is 0.333. The Morgan fingerprint density at radius 1 is 1.33 bits per heavy atom. The second-order valence-corrected chi connectivity index (χ2v) is 5.47. The molecular weight excluding hydrogens is 365 g/mol. The Labute approximate surface area is 124 Å². The van der Waals surface area contributed by atoms with Gasteiger partial charge in [-0.25, -0.2) is 0 Å². The van der Waals surface area contributed by atoms with E-state index in [1.54, 1.807) is 6.92 Å². The first-order valence-corrected chi connectivity index (χ1v) is 7.64. The van der Waals surface area contributed by atoms with Gasteiger partial charge in [-0.3, -0.25) is 9.59 Å². The predicted octanol–water partition coefficient (Wildman–Crippen LogP) is 2.53. The SMILES string of the molecule is CCOC(=O)CSCC(=O)Nc1ccccc1I. The van der Waals surface area contributed by atoms with Gasteiger partial charge in [0.2, 0.25) is 5.91 Å². The standard InChI is InChI=1S/C12H14INO3S/c1-2-17-12(16)8-18-7-11(15)14-10-6-4-3-5-9(10)13/h3-6H,2,7-8H2,1H3,(H,14,15). The fourth-order valence-electron chi connectivity index (χ4n) is 1.18. The zero-order chi connectivity index (χ0) is 13.4. The summed E-state index contributed by atoms with van der Waals surface area (Å²) < 4.78 is 5.75. The molecule has 0 fully saturated rings. The second kappa shape index (κ2) is 8.36. The van der Waals surface area contributed by atoms with Crippen molar-refractivity contribution in [3.05, 3.63) is 27.8 Å². The molecule has 98 valence electrons. The molecule has 0 atom stereocenters. The van der Waals surface area contributed by atoms with Crippen molar-refractivity contribution in [1.29, 1.82) is 0 Å². The molecule has 1 aromatic carbocycles. The molecule has 0 aliphatic rings. The number of para-hydroxylation sites is 1. The van der Waals surface area contributed by atoms with Crippen LogP contribution < -0.4 is 5.32 Å². The number of hydrogen-bond donors (Lipinski definition) is 1. The van der Waals surface area contributed by atoms with Crippen LogP contribution in [-0.4, -0.2) is 30.0 Å². The molecule has 0 radical (unpaired) electrons. The van der Waals surface area contributed by atoms with E-state index in [1.165, 1.54) is 11.8 Å². The number of rotatable bonds is 6. The van der Waals surface area contributed by atoms with E-state index in [-0.39, 0.29) is 23.4 Å². The minimum absolute atomic E-state index is 0.117. The first-order valence-electron chi connectivity index (χ1n) is 5.41. The highest BCUT2D eigenvalue weighted by molar-refractivity contribution is 14.1. The number of carbonyl (C=O) groups is 2. The van der Waals surface area contributed by atoms with Gasteiger partial charge in [-0.2, -0.15) is 0 Å². The van der Waals surface area contributed by atoms with Crippen molar-refractivity contribution in [2.75, 3.05) is 23.4 Å². The van der Waals surface area contributed by atoms with Gasteiger partial charge in [0.25, 0.3) is 0 Å². The number of amides is 1. The maximum atomic E-state index is 11.6. The van der Waals surface area contributed by atoms with Gasteiger partial charge in [0.1, 0.15) is 0 Å². The molecule has 4 nitrogen and oxygen atoms in total. The van der Waals surface area contributed by atoms with Crippen LogP contribution in [0.15, 0.2) is 24.3 Å². The Balaban J connectivity index is 2.30. The summed E-state index contributed by atoms with van der Waals surface area (Å²) in [4.78, 5) is 22.7. The normalized spacial score (nSPS) is 9.89. The summed E-state index contributed by atoms with van der Waals surface area (Å²) in [7, 11) is 0. The molecule has 18 heavy (non-hydrogen) atoms. The Bertz CT molecular complexity index is 426. The monoisotopic (exact) mass is 379 g/mol. The van der Waals surface area contributed by atoms with Gasteiger partial charge in [-0.05, 0) is 41.6 Å². The van der Waals surface area contributed by atoms with Gasteiger partial charge in [-0.15, -0.1) is 11.8 Å². The molecule has 0 saturated heterocycles. The third-order valence-electron chi connectivity index (χ3n) is 1.91. The van der Waals surface area contributed by atoms with Gasteiger partial charge in [0, 0.05) is 3.57 Å². The summed E-state index contributed by atoms with van der Waals surface area (Å²) in [6, 6.07) is 7.54. The number of nitrogens with one attached hydrogen (secondary N) is 1. The zero-order valence-corrected chi connectivity index (χ0v) is 12.9. The molecule has 0 aliphatic carbocycles. The predicted molar refractivity (Wildman–Crippen MR) is 81.7 cm³/mol. The van der Waals surface area contributed by atoms with Gasteiger partial charge < -0.3 is 10.1 Å². The number of ether oxygens (including phenoxy) is 1. The molecular formula is C12H14INO3S. The lowest BCUT2D eigenvalue weighted by molar-refractivity contribution is -0.139. The third-order valence-corrected chi connectivity index (χ3v) is 3.75. The number of esters is 1. The third kappa shape index (κ3) is 5.72. The summed E-state index contributed by atoms with van der Waals surface area (Å²) in [5.41, 5.74) is 0.792. The van der Waals surface area contributed by atoms with Gasteiger partial charge in [0.05, 0.1) is 23.8 Å². The number of benzene rings is 1. The zero-order valence-electron chi connectivity index (χ0n) is 9.94. The first kappa shape index (κ1) is 15.3. The Hall–Kier alpha value is -0.760. The summed E-state index contributed by atoms with van der Waals surface area (Å²) in [5.74, 6) is 0.0368. The minimum atomic E-state index is -0.287. The van der Waals surface area contributed by atoms with Crippen LogP contribution in [0.3, 0.4) is 0 Å². The molecule has 6 heteroatoms. The van der Waals surface area contributed by atoms with Gasteiger partial charge in [-0.1, -0.05) is 12.1 Å². The minimum Gasteiger partial charge on any atom is -0.465 e. The van der Waals surface area contributed by atoms with E-state index in [0.717, 1.165) is 9.26 Å². The molecule has 0 bridgehead atoms. The molecule has 1 amide bonds. The topological polar surface area (TPSA) is 55.4 Å². The smallest absolute Gasteiger partial charge is 0.315 e. The van der Waals surface area contributed by atoms with Crippen LogP contribution in [0.5, 0.6) is 0 Å². The molecule has 1 aromatic rings. The average Bonchev–Trinajstić information content (AvgIpc) is 2.32. The average molecular weight is 379 g/mol. The molecule has 0 spiro atoms. The van der Waals surface area contributed by atoms with E-state index < -0.39 is 0 Å². The van der Waals surface area contributed by atoms with Crippen molar-refractivity contribution >= 4 is 51.9 Å². The molecule has 0 aliphatic heterocycles. The number of halogens is 1. The summed E-state index contributed by atoms with van der Waals surface area (Å²) in [5, 5.41) is 2.80. The van der Waals surface area contributed by atoms with Gasteiger partial charge >= 0.3 is 5.97 Å². The van der Waals surface area contributed by atoms with Crippen LogP contribution in [0.25, 0.3) is 0 Å². The van der Waals surface area contributed by atoms with Crippen molar-refractivity contribution in [2.45, 2.75) is 6.92 Å². The number of carbonyl (C=O) groups excluding carboxylic acids is 2. The maximum Gasteiger partial charge on any atom is 0.315 e. The molecule has 0 aromatic heterocycles.